The summed E-state index contributed by atoms with van der Waals surface area (Å²) in [6.07, 6.45) is 1.92. The number of halogens is 1. The Hall–Kier alpha value is -1.85. The van der Waals surface area contributed by atoms with E-state index < -0.39 is 0 Å². The van der Waals surface area contributed by atoms with E-state index in [0.717, 1.165) is 26.9 Å². The van der Waals surface area contributed by atoms with Gasteiger partial charge in [0.2, 0.25) is 0 Å². The topological polar surface area (TPSA) is 52.5 Å². The number of benzene rings is 1. The molecule has 0 saturated carbocycles. The molecule has 0 aliphatic heterocycles. The van der Waals surface area contributed by atoms with Crippen LogP contribution in [0.25, 0.3) is 16.9 Å². The first-order valence-corrected chi connectivity index (χ1v) is 6.99. The van der Waals surface area contributed by atoms with Gasteiger partial charge in [0.05, 0.1) is 6.61 Å². The lowest BCUT2D eigenvalue weighted by Gasteiger charge is -2.02. The van der Waals surface area contributed by atoms with Crippen molar-refractivity contribution in [1.29, 1.82) is 0 Å². The van der Waals surface area contributed by atoms with Gasteiger partial charge in [-0.1, -0.05) is 24.3 Å². The normalized spacial score (nSPS) is 11.1. The van der Waals surface area contributed by atoms with Gasteiger partial charge < -0.3 is 10.5 Å². The van der Waals surface area contributed by atoms with E-state index in [1.54, 1.807) is 7.11 Å². The van der Waals surface area contributed by atoms with Crippen LogP contribution in [0, 0.1) is 0 Å². The van der Waals surface area contributed by atoms with E-state index in [0.29, 0.717) is 12.4 Å². The molecule has 0 bridgehead atoms. The maximum Gasteiger partial charge on any atom is 0.139 e. The summed E-state index contributed by atoms with van der Waals surface area (Å²) in [6.45, 7) is 0.605. The van der Waals surface area contributed by atoms with E-state index in [4.69, 9.17) is 10.5 Å². The molecule has 0 amide bonds. The molecule has 0 unspecified atom stereocenters. The molecule has 0 atom stereocenters. The first-order chi connectivity index (χ1) is 9.69. The lowest BCUT2D eigenvalue weighted by molar-refractivity contribution is 0.185. The van der Waals surface area contributed by atoms with Crippen molar-refractivity contribution in [3.8, 4) is 11.3 Å². The summed E-state index contributed by atoms with van der Waals surface area (Å²) in [7, 11) is 1.69. The third kappa shape index (κ3) is 2.30. The zero-order valence-corrected chi connectivity index (χ0v) is 12.6. The molecule has 1 aromatic carbocycles. The minimum absolute atomic E-state index is 0.605. The number of hydrogen-bond donors (Lipinski definition) is 1. The number of anilines is 1. The van der Waals surface area contributed by atoms with Gasteiger partial charge in [0.15, 0.2) is 0 Å². The Morgan fingerprint density at radius 2 is 1.95 bits per heavy atom. The Labute approximate surface area is 125 Å². The largest absolute Gasteiger partial charge is 0.383 e. The number of methoxy groups -OCH3 is 1. The SMILES string of the molecule is COCc1ccc(-c2nc3ccc(Br)cn3c2N)cc1. The summed E-state index contributed by atoms with van der Waals surface area (Å²) in [5.41, 5.74) is 9.95. The highest BCUT2D eigenvalue weighted by Crippen LogP contribution is 2.27. The highest BCUT2D eigenvalue weighted by molar-refractivity contribution is 9.10. The van der Waals surface area contributed by atoms with Crippen molar-refractivity contribution in [2.75, 3.05) is 12.8 Å². The van der Waals surface area contributed by atoms with Crippen LogP contribution in [-0.2, 0) is 11.3 Å². The van der Waals surface area contributed by atoms with Gasteiger partial charge >= 0.3 is 0 Å². The number of rotatable bonds is 3. The van der Waals surface area contributed by atoms with E-state index >= 15 is 0 Å². The molecule has 20 heavy (non-hydrogen) atoms. The molecule has 3 aromatic rings. The summed E-state index contributed by atoms with van der Waals surface area (Å²) in [6, 6.07) is 12.0. The lowest BCUT2D eigenvalue weighted by Crippen LogP contribution is -1.94. The lowest BCUT2D eigenvalue weighted by atomic mass is 10.1. The fourth-order valence-corrected chi connectivity index (χ4v) is 2.51. The third-order valence-electron chi connectivity index (χ3n) is 3.16. The molecule has 0 aliphatic rings. The van der Waals surface area contributed by atoms with E-state index in [9.17, 15) is 0 Å². The minimum Gasteiger partial charge on any atom is -0.383 e. The van der Waals surface area contributed by atoms with Gasteiger partial charge in [0.25, 0.3) is 0 Å². The number of fused-ring (bicyclic) bond motifs is 1. The number of nitrogens with two attached hydrogens (primary N) is 1. The Kier molecular flexibility index (Phi) is 3.46. The standard InChI is InChI=1S/C15H14BrN3O/c1-20-9-10-2-4-11(5-3-10)14-15(17)19-8-12(16)6-7-13(19)18-14/h2-8H,9,17H2,1H3. The van der Waals surface area contributed by atoms with Gasteiger partial charge in [-0.2, -0.15) is 0 Å². The maximum absolute atomic E-state index is 6.19. The van der Waals surface area contributed by atoms with Crippen LogP contribution in [0.5, 0.6) is 0 Å². The average Bonchev–Trinajstić information content (AvgIpc) is 2.77. The van der Waals surface area contributed by atoms with Gasteiger partial charge in [-0.15, -0.1) is 0 Å². The van der Waals surface area contributed by atoms with Gasteiger partial charge in [0, 0.05) is 23.3 Å². The van der Waals surface area contributed by atoms with Crippen LogP contribution < -0.4 is 5.73 Å². The van der Waals surface area contributed by atoms with Gasteiger partial charge in [-0.25, -0.2) is 4.98 Å². The molecule has 2 aromatic heterocycles. The molecule has 2 N–H and O–H groups in total. The first kappa shape index (κ1) is 13.1. The smallest absolute Gasteiger partial charge is 0.139 e. The quantitative estimate of drug-likeness (QED) is 0.799. The van der Waals surface area contributed by atoms with E-state index in [2.05, 4.69) is 20.9 Å². The van der Waals surface area contributed by atoms with E-state index in [-0.39, 0.29) is 0 Å². The summed E-state index contributed by atoms with van der Waals surface area (Å²) >= 11 is 3.44. The van der Waals surface area contributed by atoms with E-state index in [1.807, 2.05) is 47.0 Å². The zero-order chi connectivity index (χ0) is 14.1. The van der Waals surface area contributed by atoms with Crippen LogP contribution >= 0.6 is 15.9 Å². The Morgan fingerprint density at radius 1 is 1.20 bits per heavy atom. The first-order valence-electron chi connectivity index (χ1n) is 6.20. The molecule has 0 spiro atoms. The number of aromatic nitrogens is 2. The third-order valence-corrected chi connectivity index (χ3v) is 3.63. The Balaban J connectivity index is 2.07. The Bertz CT molecular complexity index is 750. The molecule has 5 heteroatoms. The Morgan fingerprint density at radius 3 is 2.65 bits per heavy atom. The van der Waals surface area contributed by atoms with Gasteiger partial charge in [0.1, 0.15) is 17.2 Å². The summed E-state index contributed by atoms with van der Waals surface area (Å²) in [5.74, 6) is 0.640. The van der Waals surface area contributed by atoms with Crippen molar-refractivity contribution in [2.45, 2.75) is 6.61 Å². The second-order valence-electron chi connectivity index (χ2n) is 4.55. The fourth-order valence-electron chi connectivity index (χ4n) is 2.17. The molecular weight excluding hydrogens is 318 g/mol. The number of hydrogen-bond acceptors (Lipinski definition) is 3. The van der Waals surface area contributed by atoms with E-state index in [1.165, 1.54) is 0 Å². The minimum atomic E-state index is 0.605. The maximum atomic E-state index is 6.19. The predicted molar refractivity (Wildman–Crippen MR) is 83.5 cm³/mol. The molecule has 4 nitrogen and oxygen atoms in total. The molecule has 0 radical (unpaired) electrons. The monoisotopic (exact) mass is 331 g/mol. The fraction of sp³-hybridized carbons (Fsp3) is 0.133. The molecular formula is C15H14BrN3O. The molecule has 0 saturated heterocycles. The van der Waals surface area contributed by atoms with Crippen LogP contribution in [0.1, 0.15) is 5.56 Å². The zero-order valence-electron chi connectivity index (χ0n) is 11.0. The van der Waals surface area contributed by atoms with Crippen LogP contribution in [0.4, 0.5) is 5.82 Å². The highest BCUT2D eigenvalue weighted by atomic mass is 79.9. The second kappa shape index (κ2) is 5.26. The number of imidazole rings is 1. The van der Waals surface area contributed by atoms with Crippen molar-refractivity contribution in [2.24, 2.45) is 0 Å². The van der Waals surface area contributed by atoms with Crippen LogP contribution in [0.3, 0.4) is 0 Å². The summed E-state index contributed by atoms with van der Waals surface area (Å²) in [5, 5.41) is 0. The van der Waals surface area contributed by atoms with Crippen molar-refractivity contribution in [3.63, 3.8) is 0 Å². The van der Waals surface area contributed by atoms with Crippen molar-refractivity contribution in [3.05, 3.63) is 52.6 Å². The molecule has 2 heterocycles. The number of ether oxygens (including phenoxy) is 1. The van der Waals surface area contributed by atoms with Crippen LogP contribution in [0.2, 0.25) is 0 Å². The molecule has 0 aliphatic carbocycles. The van der Waals surface area contributed by atoms with Crippen molar-refractivity contribution in [1.82, 2.24) is 9.38 Å². The van der Waals surface area contributed by atoms with Crippen molar-refractivity contribution >= 4 is 27.4 Å². The van der Waals surface area contributed by atoms with Crippen LogP contribution in [0.15, 0.2) is 47.1 Å². The van der Waals surface area contributed by atoms with Crippen molar-refractivity contribution < 1.29 is 4.74 Å². The number of nitrogens with zero attached hydrogens (tertiary/aromatic N) is 2. The highest BCUT2D eigenvalue weighted by Gasteiger charge is 2.11. The van der Waals surface area contributed by atoms with Crippen LogP contribution in [-0.4, -0.2) is 16.5 Å². The number of pyridine rings is 1. The summed E-state index contributed by atoms with van der Waals surface area (Å²) < 4.78 is 7.95. The predicted octanol–water partition coefficient (Wildman–Crippen LogP) is 3.49. The number of nitrogen functional groups attached to an aromatic ring is 1. The summed E-state index contributed by atoms with van der Waals surface area (Å²) in [4.78, 5) is 4.59. The molecule has 3 rings (SSSR count). The molecule has 0 fully saturated rings. The molecule has 102 valence electrons. The average molecular weight is 332 g/mol. The second-order valence-corrected chi connectivity index (χ2v) is 5.47. The van der Waals surface area contributed by atoms with Gasteiger partial charge in [-0.05, 0) is 33.6 Å². The van der Waals surface area contributed by atoms with Gasteiger partial charge in [-0.3, -0.25) is 4.40 Å².